The van der Waals surface area contributed by atoms with Gasteiger partial charge in [-0.25, -0.2) is 9.59 Å². The molecule has 0 unspecified atom stereocenters. The van der Waals surface area contributed by atoms with E-state index in [4.69, 9.17) is 16.3 Å². The van der Waals surface area contributed by atoms with Gasteiger partial charge in [0.1, 0.15) is 5.60 Å². The topological polar surface area (TPSA) is 58.6 Å². The highest BCUT2D eigenvalue weighted by atomic mass is 35.5. The van der Waals surface area contributed by atoms with Crippen molar-refractivity contribution in [3.63, 3.8) is 0 Å². The average Bonchev–Trinajstić information content (AvgIpc) is 2.94. The lowest BCUT2D eigenvalue weighted by Gasteiger charge is -2.38. The Labute approximate surface area is 156 Å². The number of nitrogens with zero attached hydrogens (tertiary/aromatic N) is 1. The van der Waals surface area contributed by atoms with E-state index >= 15 is 0 Å². The zero-order chi connectivity index (χ0) is 18.1. The van der Waals surface area contributed by atoms with Gasteiger partial charge in [-0.1, -0.05) is 41.9 Å². The lowest BCUT2D eigenvalue weighted by atomic mass is 9.84. The van der Waals surface area contributed by atoms with E-state index in [1.807, 2.05) is 30.3 Å². The fourth-order valence-corrected chi connectivity index (χ4v) is 3.81. The number of benzene rings is 2. The van der Waals surface area contributed by atoms with Crippen LogP contribution in [-0.2, 0) is 16.9 Å². The van der Waals surface area contributed by atoms with Crippen molar-refractivity contribution < 1.29 is 14.3 Å². The number of carbonyl (C=O) groups excluding carboxylic acids is 2. The van der Waals surface area contributed by atoms with E-state index in [1.54, 1.807) is 23.1 Å². The lowest BCUT2D eigenvalue weighted by molar-refractivity contribution is -0.0369. The second kappa shape index (κ2) is 6.65. The van der Waals surface area contributed by atoms with E-state index in [0.29, 0.717) is 43.1 Å². The Morgan fingerprint density at radius 1 is 1.12 bits per heavy atom. The number of rotatable bonds is 2. The molecule has 2 aromatic rings. The Morgan fingerprint density at radius 2 is 1.81 bits per heavy atom. The van der Waals surface area contributed by atoms with Crippen LogP contribution < -0.4 is 5.32 Å². The minimum absolute atomic E-state index is 0.104. The second-order valence-corrected chi connectivity index (χ2v) is 7.14. The number of ether oxygens (including phenoxy) is 1. The number of carbonyl (C=O) groups is 2. The van der Waals surface area contributed by atoms with Gasteiger partial charge in [-0.05, 0) is 23.8 Å². The number of hydrogen-bond donors (Lipinski definition) is 1. The van der Waals surface area contributed by atoms with Crippen LogP contribution in [0.15, 0.2) is 48.5 Å². The molecule has 0 aliphatic carbocycles. The molecule has 0 bridgehead atoms. The molecule has 1 saturated heterocycles. The van der Waals surface area contributed by atoms with Crippen LogP contribution >= 0.6 is 11.6 Å². The van der Waals surface area contributed by atoms with E-state index in [-0.39, 0.29) is 12.0 Å². The van der Waals surface area contributed by atoms with Crippen LogP contribution in [0.25, 0.3) is 0 Å². The minimum atomic E-state index is -0.583. The highest BCUT2D eigenvalue weighted by molar-refractivity contribution is 6.30. The Morgan fingerprint density at radius 3 is 2.54 bits per heavy atom. The summed E-state index contributed by atoms with van der Waals surface area (Å²) < 4.78 is 5.72. The Kier molecular flexibility index (Phi) is 4.32. The number of amides is 2. The van der Waals surface area contributed by atoms with Gasteiger partial charge in [-0.15, -0.1) is 0 Å². The van der Waals surface area contributed by atoms with Gasteiger partial charge in [0.15, 0.2) is 0 Å². The van der Waals surface area contributed by atoms with Crippen LogP contribution in [-0.4, -0.2) is 30.0 Å². The maximum Gasteiger partial charge on any atom is 0.339 e. The number of esters is 1. The van der Waals surface area contributed by atoms with Crippen molar-refractivity contribution >= 4 is 23.6 Å². The standard InChI is InChI=1S/C20H19ClN2O3/c21-15-7-5-14(6-8-15)13-22-19(25)23-11-9-20(10-12-23)17-4-2-1-3-16(17)18(24)26-20/h1-8H,9-13H2,(H,22,25). The third-order valence-electron chi connectivity index (χ3n) is 5.14. The van der Waals surface area contributed by atoms with Gasteiger partial charge in [0.2, 0.25) is 0 Å². The van der Waals surface area contributed by atoms with Gasteiger partial charge in [0.25, 0.3) is 0 Å². The number of likely N-dealkylation sites (tertiary alicyclic amines) is 1. The maximum atomic E-state index is 12.4. The Hall–Kier alpha value is -2.53. The van der Waals surface area contributed by atoms with E-state index in [0.717, 1.165) is 11.1 Å². The first-order chi connectivity index (χ1) is 12.6. The fourth-order valence-electron chi connectivity index (χ4n) is 3.68. The molecular weight excluding hydrogens is 352 g/mol. The van der Waals surface area contributed by atoms with E-state index in [1.165, 1.54) is 0 Å². The van der Waals surface area contributed by atoms with Gasteiger partial charge >= 0.3 is 12.0 Å². The Balaban J connectivity index is 1.37. The van der Waals surface area contributed by atoms with Gasteiger partial charge in [-0.2, -0.15) is 0 Å². The summed E-state index contributed by atoms with van der Waals surface area (Å²) >= 11 is 5.87. The van der Waals surface area contributed by atoms with Crippen molar-refractivity contribution in [1.82, 2.24) is 10.2 Å². The summed E-state index contributed by atoms with van der Waals surface area (Å²) in [6, 6.07) is 14.8. The zero-order valence-corrected chi connectivity index (χ0v) is 15.0. The summed E-state index contributed by atoms with van der Waals surface area (Å²) in [6.45, 7) is 1.55. The van der Waals surface area contributed by atoms with Gasteiger partial charge in [0.05, 0.1) is 5.56 Å². The molecule has 134 valence electrons. The Bertz CT molecular complexity index is 842. The molecule has 2 aliphatic heterocycles. The van der Waals surface area contributed by atoms with Crippen molar-refractivity contribution in [2.45, 2.75) is 25.0 Å². The fraction of sp³-hybridized carbons (Fsp3) is 0.300. The SMILES string of the molecule is O=C1OC2(CCN(C(=O)NCc3ccc(Cl)cc3)CC2)c2ccccc21. The molecule has 2 amide bonds. The first-order valence-corrected chi connectivity index (χ1v) is 9.05. The molecule has 0 radical (unpaired) electrons. The maximum absolute atomic E-state index is 12.4. The minimum Gasteiger partial charge on any atom is -0.450 e. The molecule has 2 aliphatic rings. The van der Waals surface area contributed by atoms with Crippen molar-refractivity contribution in [3.8, 4) is 0 Å². The zero-order valence-electron chi connectivity index (χ0n) is 14.2. The summed E-state index contributed by atoms with van der Waals surface area (Å²) in [5, 5.41) is 3.61. The smallest absolute Gasteiger partial charge is 0.339 e. The number of piperidine rings is 1. The molecule has 4 rings (SSSR count). The summed E-state index contributed by atoms with van der Waals surface area (Å²) in [6.07, 6.45) is 1.23. The molecule has 5 nitrogen and oxygen atoms in total. The van der Waals surface area contributed by atoms with Crippen LogP contribution in [0.5, 0.6) is 0 Å². The number of urea groups is 1. The third-order valence-corrected chi connectivity index (χ3v) is 5.39. The molecule has 2 aromatic carbocycles. The van der Waals surface area contributed by atoms with Crippen LogP contribution in [0.3, 0.4) is 0 Å². The molecule has 1 N–H and O–H groups in total. The average molecular weight is 371 g/mol. The van der Waals surface area contributed by atoms with Crippen LogP contribution in [0.2, 0.25) is 5.02 Å². The van der Waals surface area contributed by atoms with Crippen LogP contribution in [0, 0.1) is 0 Å². The number of fused-ring (bicyclic) bond motifs is 2. The third kappa shape index (κ3) is 3.03. The molecule has 1 fully saturated rings. The highest BCUT2D eigenvalue weighted by Gasteiger charge is 2.47. The molecule has 0 aromatic heterocycles. The quantitative estimate of drug-likeness (QED) is 0.820. The van der Waals surface area contributed by atoms with Gasteiger partial charge in [-0.3, -0.25) is 0 Å². The molecule has 0 atom stereocenters. The molecule has 6 heteroatoms. The molecule has 2 heterocycles. The first kappa shape index (κ1) is 16.9. The van der Waals surface area contributed by atoms with Crippen molar-refractivity contribution in [2.24, 2.45) is 0 Å². The molecular formula is C20H19ClN2O3. The summed E-state index contributed by atoms with van der Waals surface area (Å²) in [7, 11) is 0. The lowest BCUT2D eigenvalue weighted by Crippen LogP contribution is -2.48. The van der Waals surface area contributed by atoms with Crippen LogP contribution in [0.1, 0.15) is 34.3 Å². The predicted octanol–water partition coefficient (Wildman–Crippen LogP) is 3.71. The van der Waals surface area contributed by atoms with Gasteiger partial charge < -0.3 is 15.0 Å². The second-order valence-electron chi connectivity index (χ2n) is 6.70. The summed E-state index contributed by atoms with van der Waals surface area (Å²) in [4.78, 5) is 26.3. The van der Waals surface area contributed by atoms with E-state index in [2.05, 4.69) is 5.32 Å². The highest BCUT2D eigenvalue weighted by Crippen LogP contribution is 2.43. The monoisotopic (exact) mass is 370 g/mol. The summed E-state index contributed by atoms with van der Waals surface area (Å²) in [5.41, 5.74) is 2.01. The van der Waals surface area contributed by atoms with E-state index in [9.17, 15) is 9.59 Å². The normalized spacial score (nSPS) is 17.7. The van der Waals surface area contributed by atoms with Crippen LogP contribution in [0.4, 0.5) is 4.79 Å². The number of hydrogen-bond acceptors (Lipinski definition) is 3. The molecule has 26 heavy (non-hydrogen) atoms. The van der Waals surface area contributed by atoms with Crippen molar-refractivity contribution in [2.75, 3.05) is 13.1 Å². The van der Waals surface area contributed by atoms with Crippen molar-refractivity contribution in [3.05, 3.63) is 70.2 Å². The molecule has 1 spiro atoms. The summed E-state index contributed by atoms with van der Waals surface area (Å²) in [5.74, 6) is -0.263. The van der Waals surface area contributed by atoms with Gasteiger partial charge in [0, 0.05) is 43.1 Å². The number of nitrogens with one attached hydrogen (secondary N) is 1. The molecule has 0 saturated carbocycles. The number of halogens is 1. The van der Waals surface area contributed by atoms with E-state index < -0.39 is 5.60 Å². The first-order valence-electron chi connectivity index (χ1n) is 8.67. The largest absolute Gasteiger partial charge is 0.450 e. The predicted molar refractivity (Wildman–Crippen MR) is 98.0 cm³/mol. The van der Waals surface area contributed by atoms with Crippen molar-refractivity contribution in [1.29, 1.82) is 0 Å².